The summed E-state index contributed by atoms with van der Waals surface area (Å²) in [6, 6.07) is 0. The first kappa shape index (κ1) is 22.2. The minimum Gasteiger partial charge on any atom is -0.460 e. The Morgan fingerprint density at radius 3 is 2.33 bits per heavy atom. The van der Waals surface area contributed by atoms with Crippen molar-refractivity contribution >= 4 is 11.9 Å². The van der Waals surface area contributed by atoms with Crippen molar-refractivity contribution in [3.05, 3.63) is 0 Å². The first-order valence-corrected chi connectivity index (χ1v) is 10.4. The highest BCUT2D eigenvalue weighted by Gasteiger charge is 2.46. The van der Waals surface area contributed by atoms with Gasteiger partial charge in [0.1, 0.15) is 5.60 Å². The van der Waals surface area contributed by atoms with Crippen molar-refractivity contribution in [2.45, 2.75) is 102 Å². The number of hydrogen-bond acceptors (Lipinski definition) is 5. The number of amides is 1. The van der Waals surface area contributed by atoms with Gasteiger partial charge in [0.2, 0.25) is 5.91 Å². The number of ether oxygens (including phenoxy) is 3. The molecule has 6 heteroatoms. The van der Waals surface area contributed by atoms with Crippen LogP contribution in [0.4, 0.5) is 0 Å². The fourth-order valence-electron chi connectivity index (χ4n) is 3.98. The highest BCUT2D eigenvalue weighted by molar-refractivity contribution is 5.78. The molecule has 1 saturated carbocycles. The van der Waals surface area contributed by atoms with Crippen molar-refractivity contribution < 1.29 is 23.8 Å². The number of unbranched alkanes of at least 4 members (excludes halogenated alkanes) is 2. The maximum absolute atomic E-state index is 12.5. The average molecular weight is 384 g/mol. The molecule has 1 amide bonds. The molecule has 0 aromatic carbocycles. The monoisotopic (exact) mass is 383 g/mol. The van der Waals surface area contributed by atoms with E-state index in [-0.39, 0.29) is 23.9 Å². The van der Waals surface area contributed by atoms with Gasteiger partial charge >= 0.3 is 5.97 Å². The lowest BCUT2D eigenvalue weighted by molar-refractivity contribution is -0.181. The van der Waals surface area contributed by atoms with Gasteiger partial charge in [-0.05, 0) is 52.9 Å². The molecule has 1 aliphatic carbocycles. The predicted molar refractivity (Wildman–Crippen MR) is 103 cm³/mol. The fourth-order valence-corrected chi connectivity index (χ4v) is 3.98. The normalized spacial score (nSPS) is 28.7. The zero-order valence-electron chi connectivity index (χ0n) is 17.5. The Morgan fingerprint density at radius 1 is 1.07 bits per heavy atom. The first-order chi connectivity index (χ1) is 12.7. The highest BCUT2D eigenvalue weighted by atomic mass is 16.6. The second-order valence-corrected chi connectivity index (χ2v) is 9.13. The van der Waals surface area contributed by atoms with E-state index in [2.05, 4.69) is 12.2 Å². The van der Waals surface area contributed by atoms with E-state index in [0.29, 0.717) is 39.1 Å². The van der Waals surface area contributed by atoms with Crippen LogP contribution < -0.4 is 5.32 Å². The molecule has 0 bridgehead atoms. The second kappa shape index (κ2) is 9.37. The van der Waals surface area contributed by atoms with Gasteiger partial charge in [0, 0.05) is 6.42 Å². The molecule has 6 nitrogen and oxygen atoms in total. The number of carbonyl (C=O) groups is 2. The van der Waals surface area contributed by atoms with Crippen LogP contribution in [0.25, 0.3) is 0 Å². The Hall–Kier alpha value is -1.14. The van der Waals surface area contributed by atoms with Crippen LogP contribution in [-0.2, 0) is 23.8 Å². The van der Waals surface area contributed by atoms with Gasteiger partial charge in [-0.25, -0.2) is 0 Å². The van der Waals surface area contributed by atoms with Crippen LogP contribution in [0.15, 0.2) is 0 Å². The standard InChI is InChI=1S/C21H37NO5/c1-5-6-7-8-17(23)22-20(15-18(24)27-19(2,3)4)9-11-21(12-10-20)16-25-13-14-26-21/h5-16H2,1-4H3,(H,22,23). The van der Waals surface area contributed by atoms with E-state index in [1.54, 1.807) is 0 Å². The van der Waals surface area contributed by atoms with E-state index in [4.69, 9.17) is 14.2 Å². The summed E-state index contributed by atoms with van der Waals surface area (Å²) >= 11 is 0. The van der Waals surface area contributed by atoms with E-state index in [1.165, 1.54) is 0 Å². The van der Waals surface area contributed by atoms with Crippen LogP contribution in [-0.4, -0.2) is 48.4 Å². The van der Waals surface area contributed by atoms with E-state index in [9.17, 15) is 9.59 Å². The minimum absolute atomic E-state index is 0.0313. The predicted octanol–water partition coefficient (Wildman–Crippen LogP) is 3.51. The Kier molecular flexibility index (Phi) is 7.69. The first-order valence-electron chi connectivity index (χ1n) is 10.4. The van der Waals surface area contributed by atoms with E-state index in [0.717, 1.165) is 32.1 Å². The molecule has 1 heterocycles. The maximum Gasteiger partial charge on any atom is 0.308 e. The van der Waals surface area contributed by atoms with Crippen LogP contribution in [0.5, 0.6) is 0 Å². The van der Waals surface area contributed by atoms with Gasteiger partial charge in [-0.15, -0.1) is 0 Å². The summed E-state index contributed by atoms with van der Waals surface area (Å²) < 4.78 is 17.2. The Morgan fingerprint density at radius 2 is 1.78 bits per heavy atom. The zero-order valence-corrected chi connectivity index (χ0v) is 17.5. The Labute approximate surface area is 163 Å². The number of rotatable bonds is 7. The quantitative estimate of drug-likeness (QED) is 0.538. The number of carbonyl (C=O) groups excluding carboxylic acids is 2. The summed E-state index contributed by atoms with van der Waals surface area (Å²) in [6.45, 7) is 9.56. The lowest BCUT2D eigenvalue weighted by Gasteiger charge is -2.47. The molecule has 0 unspecified atom stereocenters. The third-order valence-electron chi connectivity index (χ3n) is 5.43. The summed E-state index contributed by atoms with van der Waals surface area (Å²) in [5.41, 5.74) is -1.33. The number of esters is 1. The zero-order chi connectivity index (χ0) is 20.0. The molecule has 1 N–H and O–H groups in total. The molecule has 2 fully saturated rings. The molecular weight excluding hydrogens is 346 g/mol. The van der Waals surface area contributed by atoms with Crippen molar-refractivity contribution in [2.24, 2.45) is 0 Å². The third-order valence-corrected chi connectivity index (χ3v) is 5.43. The van der Waals surface area contributed by atoms with Crippen molar-refractivity contribution in [1.82, 2.24) is 5.32 Å². The SMILES string of the molecule is CCCCCC(=O)NC1(CC(=O)OC(C)(C)C)CCC2(CC1)COCCO2. The van der Waals surface area contributed by atoms with Crippen molar-refractivity contribution in [3.8, 4) is 0 Å². The van der Waals surface area contributed by atoms with E-state index >= 15 is 0 Å². The van der Waals surface area contributed by atoms with Gasteiger partial charge in [0.15, 0.2) is 0 Å². The molecule has 0 aromatic heterocycles. The molecule has 156 valence electrons. The van der Waals surface area contributed by atoms with Crippen LogP contribution in [0.1, 0.15) is 85.5 Å². The topological polar surface area (TPSA) is 73.9 Å². The van der Waals surface area contributed by atoms with Crippen molar-refractivity contribution in [3.63, 3.8) is 0 Å². The van der Waals surface area contributed by atoms with Crippen LogP contribution in [0.3, 0.4) is 0 Å². The number of nitrogens with one attached hydrogen (secondary N) is 1. The summed E-state index contributed by atoms with van der Waals surface area (Å²) in [4.78, 5) is 25.0. The van der Waals surface area contributed by atoms with Gasteiger partial charge in [-0.3, -0.25) is 9.59 Å². The fraction of sp³-hybridized carbons (Fsp3) is 0.905. The van der Waals surface area contributed by atoms with Gasteiger partial charge in [-0.1, -0.05) is 19.8 Å². The summed E-state index contributed by atoms with van der Waals surface area (Å²) in [7, 11) is 0. The molecular formula is C21H37NO5. The van der Waals surface area contributed by atoms with Gasteiger partial charge < -0.3 is 19.5 Å². The van der Waals surface area contributed by atoms with E-state index in [1.807, 2.05) is 20.8 Å². The van der Waals surface area contributed by atoms with Gasteiger partial charge in [0.05, 0.1) is 37.4 Å². The molecule has 27 heavy (non-hydrogen) atoms. The third kappa shape index (κ3) is 7.07. The summed E-state index contributed by atoms with van der Waals surface area (Å²) in [6.07, 6.45) is 6.69. The molecule has 2 rings (SSSR count). The van der Waals surface area contributed by atoms with Crippen molar-refractivity contribution in [2.75, 3.05) is 19.8 Å². The van der Waals surface area contributed by atoms with Crippen LogP contribution in [0.2, 0.25) is 0 Å². The average Bonchev–Trinajstić information content (AvgIpc) is 2.57. The van der Waals surface area contributed by atoms with Crippen molar-refractivity contribution in [1.29, 1.82) is 0 Å². The number of hydrogen-bond donors (Lipinski definition) is 1. The van der Waals surface area contributed by atoms with Gasteiger partial charge in [0.25, 0.3) is 0 Å². The molecule has 1 saturated heterocycles. The Bertz CT molecular complexity index is 495. The lowest BCUT2D eigenvalue weighted by Crippen LogP contribution is -2.57. The lowest BCUT2D eigenvalue weighted by atomic mass is 9.72. The molecule has 0 aromatic rings. The minimum atomic E-state index is -0.544. The molecule has 2 aliphatic rings. The maximum atomic E-state index is 12.5. The summed E-state index contributed by atoms with van der Waals surface area (Å²) in [5, 5.41) is 3.19. The largest absolute Gasteiger partial charge is 0.460 e. The van der Waals surface area contributed by atoms with Crippen LogP contribution in [0, 0.1) is 0 Å². The summed E-state index contributed by atoms with van der Waals surface area (Å²) in [5.74, 6) is -0.225. The highest BCUT2D eigenvalue weighted by Crippen LogP contribution is 2.40. The second-order valence-electron chi connectivity index (χ2n) is 9.13. The smallest absolute Gasteiger partial charge is 0.308 e. The Balaban J connectivity index is 2.02. The molecule has 0 radical (unpaired) electrons. The molecule has 1 aliphatic heterocycles. The van der Waals surface area contributed by atoms with E-state index < -0.39 is 11.1 Å². The van der Waals surface area contributed by atoms with Gasteiger partial charge in [-0.2, -0.15) is 0 Å². The molecule has 1 spiro atoms. The molecule has 0 atom stereocenters. The van der Waals surface area contributed by atoms with Crippen LogP contribution >= 0.6 is 0 Å².